The minimum atomic E-state index is 0.129. The first-order valence-corrected chi connectivity index (χ1v) is 6.93. The molecule has 0 saturated carbocycles. The molecule has 2 heteroatoms. The maximum absolute atomic E-state index is 12.2. The molecule has 1 heterocycles. The molecular weight excluding hydrogens is 222 g/mol. The van der Waals surface area contributed by atoms with Gasteiger partial charge in [-0.15, -0.1) is 0 Å². The number of pyridine rings is 1. The van der Waals surface area contributed by atoms with E-state index in [0.29, 0.717) is 11.7 Å². The lowest BCUT2D eigenvalue weighted by Crippen LogP contribution is -2.22. The number of Topliss-reactive ketones (excluding diaryl/α,β-unsaturated/α-hetero) is 1. The van der Waals surface area contributed by atoms with E-state index in [4.69, 9.17) is 0 Å². The molecule has 1 rings (SSSR count). The average Bonchev–Trinajstić information content (AvgIpc) is 2.34. The number of hydrogen-bond acceptors (Lipinski definition) is 2. The molecule has 2 nitrogen and oxygen atoms in total. The van der Waals surface area contributed by atoms with E-state index < -0.39 is 0 Å². The summed E-state index contributed by atoms with van der Waals surface area (Å²) in [4.78, 5) is 16.3. The first-order valence-electron chi connectivity index (χ1n) is 6.93. The van der Waals surface area contributed by atoms with Crippen LogP contribution >= 0.6 is 0 Å². The lowest BCUT2D eigenvalue weighted by Gasteiger charge is -2.19. The first kappa shape index (κ1) is 14.9. The van der Waals surface area contributed by atoms with Gasteiger partial charge in [0.15, 0.2) is 0 Å². The molecule has 0 saturated heterocycles. The van der Waals surface area contributed by atoms with E-state index in [1.54, 1.807) is 12.4 Å². The van der Waals surface area contributed by atoms with E-state index in [-0.39, 0.29) is 11.8 Å². The zero-order chi connectivity index (χ0) is 13.5. The van der Waals surface area contributed by atoms with Gasteiger partial charge in [0.05, 0.1) is 0 Å². The van der Waals surface area contributed by atoms with Crippen LogP contribution < -0.4 is 0 Å². The number of nitrogens with zero attached hydrogens (tertiary/aromatic N) is 1. The van der Waals surface area contributed by atoms with Crippen LogP contribution in [0.4, 0.5) is 0 Å². The van der Waals surface area contributed by atoms with Crippen molar-refractivity contribution in [1.29, 1.82) is 0 Å². The number of carbonyl (C=O) groups excluding carboxylic acids is 1. The van der Waals surface area contributed by atoms with Gasteiger partial charge in [0.25, 0.3) is 0 Å². The Morgan fingerprint density at radius 1 is 1.11 bits per heavy atom. The van der Waals surface area contributed by atoms with Gasteiger partial charge >= 0.3 is 0 Å². The Bertz CT molecular complexity index is 357. The fourth-order valence-electron chi connectivity index (χ4n) is 2.15. The largest absolute Gasteiger partial charge is 0.299 e. The molecule has 100 valence electrons. The molecule has 0 aliphatic carbocycles. The number of hydrogen-bond donors (Lipinski definition) is 0. The average molecular weight is 247 g/mol. The Labute approximate surface area is 111 Å². The highest BCUT2D eigenvalue weighted by molar-refractivity contribution is 5.83. The van der Waals surface area contributed by atoms with Crippen molar-refractivity contribution in [3.63, 3.8) is 0 Å². The summed E-state index contributed by atoms with van der Waals surface area (Å²) >= 11 is 0. The Balaban J connectivity index is 2.68. The lowest BCUT2D eigenvalue weighted by molar-refractivity contribution is -0.126. The molecule has 0 amide bonds. The molecule has 0 N–H and O–H groups in total. The molecule has 0 aliphatic rings. The quantitative estimate of drug-likeness (QED) is 0.731. The van der Waals surface area contributed by atoms with E-state index in [1.807, 2.05) is 26.0 Å². The lowest BCUT2D eigenvalue weighted by atomic mass is 9.85. The summed E-state index contributed by atoms with van der Waals surface area (Å²) in [6.07, 6.45) is 6.57. The minimum Gasteiger partial charge on any atom is -0.299 e. The zero-order valence-electron chi connectivity index (χ0n) is 12.0. The van der Waals surface area contributed by atoms with E-state index >= 15 is 0 Å². The number of carbonyl (C=O) groups is 1. The van der Waals surface area contributed by atoms with Crippen molar-refractivity contribution < 1.29 is 4.79 Å². The molecule has 0 aliphatic heterocycles. The summed E-state index contributed by atoms with van der Waals surface area (Å²) < 4.78 is 0. The van der Waals surface area contributed by atoms with Crippen LogP contribution in [0.15, 0.2) is 24.5 Å². The molecule has 1 aromatic heterocycles. The fraction of sp³-hybridized carbons (Fsp3) is 0.625. The van der Waals surface area contributed by atoms with Crippen LogP contribution in [0.3, 0.4) is 0 Å². The molecule has 18 heavy (non-hydrogen) atoms. The van der Waals surface area contributed by atoms with E-state index in [9.17, 15) is 4.79 Å². The minimum absolute atomic E-state index is 0.129. The van der Waals surface area contributed by atoms with Crippen molar-refractivity contribution in [2.24, 2.45) is 17.8 Å². The molecule has 0 bridgehead atoms. The Morgan fingerprint density at radius 3 is 2.22 bits per heavy atom. The Hall–Kier alpha value is -1.18. The third-order valence-corrected chi connectivity index (χ3v) is 3.30. The third-order valence-electron chi connectivity index (χ3n) is 3.30. The SMILES string of the molecule is CC(C)CCC(Cc1ccncc1)C(=O)C(C)C. The van der Waals surface area contributed by atoms with Gasteiger partial charge < -0.3 is 0 Å². The third kappa shape index (κ3) is 4.99. The second kappa shape index (κ2) is 7.30. The Morgan fingerprint density at radius 2 is 1.72 bits per heavy atom. The molecule has 0 radical (unpaired) electrons. The molecule has 0 spiro atoms. The van der Waals surface area contributed by atoms with Crippen molar-refractivity contribution in [2.75, 3.05) is 0 Å². The highest BCUT2D eigenvalue weighted by atomic mass is 16.1. The van der Waals surface area contributed by atoms with Gasteiger partial charge in [-0.3, -0.25) is 9.78 Å². The summed E-state index contributed by atoms with van der Waals surface area (Å²) in [5.74, 6) is 1.34. The van der Waals surface area contributed by atoms with Crippen molar-refractivity contribution in [3.05, 3.63) is 30.1 Å². The number of rotatable bonds is 7. The summed E-state index contributed by atoms with van der Waals surface area (Å²) in [5, 5.41) is 0. The summed E-state index contributed by atoms with van der Waals surface area (Å²) in [6, 6.07) is 4.02. The second-order valence-corrected chi connectivity index (χ2v) is 5.78. The van der Waals surface area contributed by atoms with Gasteiger partial charge in [-0.1, -0.05) is 34.1 Å². The van der Waals surface area contributed by atoms with Crippen LogP contribution in [0.2, 0.25) is 0 Å². The molecule has 1 aromatic rings. The highest BCUT2D eigenvalue weighted by Crippen LogP contribution is 2.21. The van der Waals surface area contributed by atoms with Crippen molar-refractivity contribution in [2.45, 2.75) is 47.0 Å². The van der Waals surface area contributed by atoms with Gasteiger partial charge in [-0.25, -0.2) is 0 Å². The van der Waals surface area contributed by atoms with Gasteiger partial charge in [0.2, 0.25) is 0 Å². The number of ketones is 1. The Kier molecular flexibility index (Phi) is 6.03. The fourth-order valence-corrected chi connectivity index (χ4v) is 2.15. The molecular formula is C16H25NO. The van der Waals surface area contributed by atoms with Crippen LogP contribution in [0.5, 0.6) is 0 Å². The molecule has 0 aromatic carbocycles. The van der Waals surface area contributed by atoms with Crippen LogP contribution in [0.1, 0.15) is 46.1 Å². The van der Waals surface area contributed by atoms with Crippen LogP contribution in [-0.2, 0) is 11.2 Å². The van der Waals surface area contributed by atoms with Crippen molar-refractivity contribution in [1.82, 2.24) is 4.98 Å². The maximum Gasteiger partial charge on any atom is 0.138 e. The summed E-state index contributed by atoms with van der Waals surface area (Å²) in [5.41, 5.74) is 1.22. The monoisotopic (exact) mass is 247 g/mol. The topological polar surface area (TPSA) is 30.0 Å². The van der Waals surface area contributed by atoms with Crippen LogP contribution in [-0.4, -0.2) is 10.8 Å². The van der Waals surface area contributed by atoms with Crippen LogP contribution in [0.25, 0.3) is 0 Å². The maximum atomic E-state index is 12.2. The predicted molar refractivity (Wildman–Crippen MR) is 75.3 cm³/mol. The second-order valence-electron chi connectivity index (χ2n) is 5.78. The highest BCUT2D eigenvalue weighted by Gasteiger charge is 2.21. The van der Waals surface area contributed by atoms with E-state index in [2.05, 4.69) is 18.8 Å². The van der Waals surface area contributed by atoms with Gasteiger partial charge in [-0.05, 0) is 36.5 Å². The first-order chi connectivity index (χ1) is 8.50. The van der Waals surface area contributed by atoms with Gasteiger partial charge in [0, 0.05) is 24.2 Å². The smallest absolute Gasteiger partial charge is 0.138 e. The summed E-state index contributed by atoms with van der Waals surface area (Å²) in [6.45, 7) is 8.42. The molecule has 0 fully saturated rings. The van der Waals surface area contributed by atoms with Gasteiger partial charge in [-0.2, -0.15) is 0 Å². The molecule has 1 atom stereocenters. The van der Waals surface area contributed by atoms with E-state index in [1.165, 1.54) is 5.56 Å². The van der Waals surface area contributed by atoms with Crippen molar-refractivity contribution in [3.8, 4) is 0 Å². The zero-order valence-corrected chi connectivity index (χ0v) is 12.0. The van der Waals surface area contributed by atoms with E-state index in [0.717, 1.165) is 19.3 Å². The van der Waals surface area contributed by atoms with Crippen LogP contribution in [0, 0.1) is 17.8 Å². The standard InChI is InChI=1S/C16H25NO/c1-12(2)5-6-15(16(18)13(3)4)11-14-7-9-17-10-8-14/h7-10,12-13,15H,5-6,11H2,1-4H3. The predicted octanol–water partition coefficient (Wildman–Crippen LogP) is 3.90. The molecule has 1 unspecified atom stereocenters. The van der Waals surface area contributed by atoms with Crippen molar-refractivity contribution >= 4 is 5.78 Å². The normalized spacial score (nSPS) is 13.0. The summed E-state index contributed by atoms with van der Waals surface area (Å²) in [7, 11) is 0. The van der Waals surface area contributed by atoms with Gasteiger partial charge in [0.1, 0.15) is 5.78 Å². The number of aromatic nitrogens is 1.